The molecule has 1 saturated carbocycles. The highest BCUT2D eigenvalue weighted by Gasteiger charge is 2.22. The Bertz CT molecular complexity index is 871. The van der Waals surface area contributed by atoms with Gasteiger partial charge in [-0.25, -0.2) is 4.79 Å². The minimum atomic E-state index is -0.641. The second-order valence-electron chi connectivity index (χ2n) is 6.13. The van der Waals surface area contributed by atoms with Gasteiger partial charge in [-0.05, 0) is 12.8 Å². The van der Waals surface area contributed by atoms with Crippen molar-refractivity contribution in [2.24, 2.45) is 0 Å². The van der Waals surface area contributed by atoms with Crippen LogP contribution >= 0.6 is 0 Å². The first-order chi connectivity index (χ1) is 10.7. The Balaban J connectivity index is 1.92. The topological polar surface area (TPSA) is 46.6 Å². The van der Waals surface area contributed by atoms with E-state index in [1.165, 1.54) is 32.1 Å². The predicted octanol–water partition coefficient (Wildman–Crippen LogP) is 4.31. The lowest BCUT2D eigenvalue weighted by Crippen LogP contribution is -2.33. The minimum Gasteiger partial charge on any atom is -0.391 e. The molecule has 0 amide bonds. The molecule has 4 rings (SSSR count). The quantitative estimate of drug-likeness (QED) is 0.707. The second-order valence-corrected chi connectivity index (χ2v) is 6.13. The van der Waals surface area contributed by atoms with E-state index in [1.807, 2.05) is 24.3 Å². The van der Waals surface area contributed by atoms with E-state index in [0.717, 1.165) is 16.5 Å². The van der Waals surface area contributed by atoms with Crippen molar-refractivity contribution in [1.29, 1.82) is 0 Å². The van der Waals surface area contributed by atoms with Crippen LogP contribution in [0.15, 0.2) is 44.0 Å². The van der Waals surface area contributed by atoms with Crippen LogP contribution in [-0.2, 0) is 0 Å². The lowest BCUT2D eigenvalue weighted by Gasteiger charge is -2.33. The third kappa shape index (κ3) is 2.10. The Kier molecular flexibility index (Phi) is 3.17. The third-order valence-electron chi connectivity index (χ3n) is 4.82. The van der Waals surface area contributed by atoms with Gasteiger partial charge in [-0.15, -0.1) is 0 Å². The monoisotopic (exact) mass is 297 g/mol. The molecule has 3 aromatic rings. The first kappa shape index (κ1) is 13.4. The smallest absolute Gasteiger partial charge is 0.391 e. The van der Waals surface area contributed by atoms with Crippen molar-refractivity contribution in [3.05, 3.63) is 40.9 Å². The highest BCUT2D eigenvalue weighted by molar-refractivity contribution is 6.08. The van der Waals surface area contributed by atoms with E-state index < -0.39 is 5.82 Å². The fraction of sp³-hybridized carbons (Fsp3) is 0.389. The lowest BCUT2D eigenvalue weighted by atomic mass is 9.93. The lowest BCUT2D eigenvalue weighted by molar-refractivity contribution is 0.410. The van der Waals surface area contributed by atoms with Crippen LogP contribution in [0.1, 0.15) is 32.1 Å². The van der Waals surface area contributed by atoms with E-state index in [1.54, 1.807) is 0 Å². The number of anilines is 1. The molecule has 0 spiro atoms. The highest BCUT2D eigenvalue weighted by Crippen LogP contribution is 2.36. The highest BCUT2D eigenvalue weighted by atomic mass is 16.6. The largest absolute Gasteiger partial charge is 0.519 e. The molecule has 0 atom stereocenters. The van der Waals surface area contributed by atoms with Crippen LogP contribution in [0.2, 0.25) is 0 Å². The molecule has 1 fully saturated rings. The summed E-state index contributed by atoms with van der Waals surface area (Å²) in [5.74, 6) is -0.641. The van der Waals surface area contributed by atoms with Gasteiger partial charge in [0.1, 0.15) is 0 Å². The molecule has 2 aromatic carbocycles. The molecule has 0 saturated heterocycles. The summed E-state index contributed by atoms with van der Waals surface area (Å²) in [6.45, 7) is 0. The van der Waals surface area contributed by atoms with Gasteiger partial charge in [-0.3, -0.25) is 0 Å². The van der Waals surface area contributed by atoms with Crippen molar-refractivity contribution in [3.8, 4) is 0 Å². The molecule has 0 radical (unpaired) electrons. The number of hydrogen-bond acceptors (Lipinski definition) is 4. The zero-order valence-electron chi connectivity index (χ0n) is 12.7. The van der Waals surface area contributed by atoms with E-state index >= 15 is 0 Å². The molecule has 4 nitrogen and oxygen atoms in total. The van der Waals surface area contributed by atoms with E-state index in [2.05, 4.69) is 18.0 Å². The van der Waals surface area contributed by atoms with Gasteiger partial charge in [0.15, 0.2) is 11.2 Å². The van der Waals surface area contributed by atoms with E-state index in [4.69, 9.17) is 8.83 Å². The average Bonchev–Trinajstić information content (AvgIpc) is 2.95. The van der Waals surface area contributed by atoms with E-state index in [0.29, 0.717) is 17.2 Å². The summed E-state index contributed by atoms with van der Waals surface area (Å²) in [7, 11) is 2.14. The average molecular weight is 297 g/mol. The van der Waals surface area contributed by atoms with Crippen molar-refractivity contribution < 1.29 is 8.83 Å². The molecule has 1 aliphatic carbocycles. The van der Waals surface area contributed by atoms with Crippen molar-refractivity contribution >= 4 is 27.6 Å². The standard InChI is InChI=1S/C18H19NO3/c1-19(12-7-3-2-4-8-12)15-11-16-17(22-18(20)21-16)14-10-6-5-9-13(14)15/h5-6,9-12H,2-4,7-8H2,1H3. The van der Waals surface area contributed by atoms with Crippen LogP contribution < -0.4 is 10.7 Å². The SMILES string of the molecule is CN(c1cc2oc(=O)oc2c2ccccc12)C1CCCCC1. The summed E-state index contributed by atoms with van der Waals surface area (Å²) in [5.41, 5.74) is 2.18. The van der Waals surface area contributed by atoms with Crippen LogP contribution in [0.3, 0.4) is 0 Å². The molecule has 1 aliphatic rings. The van der Waals surface area contributed by atoms with E-state index in [9.17, 15) is 4.79 Å². The molecular formula is C18H19NO3. The number of rotatable bonds is 2. The van der Waals surface area contributed by atoms with Crippen molar-refractivity contribution in [2.45, 2.75) is 38.1 Å². The van der Waals surface area contributed by atoms with Gasteiger partial charge < -0.3 is 13.7 Å². The molecular weight excluding hydrogens is 278 g/mol. The van der Waals surface area contributed by atoms with E-state index in [-0.39, 0.29) is 0 Å². The van der Waals surface area contributed by atoms with Gasteiger partial charge in [0.25, 0.3) is 0 Å². The van der Waals surface area contributed by atoms with Crippen molar-refractivity contribution in [3.63, 3.8) is 0 Å². The summed E-state index contributed by atoms with van der Waals surface area (Å²) >= 11 is 0. The molecule has 22 heavy (non-hydrogen) atoms. The zero-order valence-corrected chi connectivity index (χ0v) is 12.7. The maximum absolute atomic E-state index is 11.5. The second kappa shape index (κ2) is 5.20. The normalized spacial score (nSPS) is 16.4. The third-order valence-corrected chi connectivity index (χ3v) is 4.82. The molecule has 1 aromatic heterocycles. The first-order valence-electron chi connectivity index (χ1n) is 7.92. The maximum atomic E-state index is 11.5. The van der Waals surface area contributed by atoms with Crippen LogP contribution in [0.25, 0.3) is 21.9 Å². The van der Waals surface area contributed by atoms with Crippen LogP contribution in [0.5, 0.6) is 0 Å². The Hall–Kier alpha value is -2.23. The molecule has 0 unspecified atom stereocenters. The number of hydrogen-bond donors (Lipinski definition) is 0. The fourth-order valence-corrected chi connectivity index (χ4v) is 3.64. The molecule has 114 valence electrons. The summed E-state index contributed by atoms with van der Waals surface area (Å²) < 4.78 is 10.4. The summed E-state index contributed by atoms with van der Waals surface area (Å²) in [6.07, 6.45) is 6.35. The Morgan fingerprint density at radius 2 is 1.77 bits per heavy atom. The summed E-state index contributed by atoms with van der Waals surface area (Å²) in [5, 5.41) is 2.04. The minimum absolute atomic E-state index is 0.529. The number of nitrogens with zero attached hydrogens (tertiary/aromatic N) is 1. The summed E-state index contributed by atoms with van der Waals surface area (Å²) in [4.78, 5) is 13.8. The molecule has 4 heteroatoms. The van der Waals surface area contributed by atoms with Crippen molar-refractivity contribution in [2.75, 3.05) is 11.9 Å². The van der Waals surface area contributed by atoms with Crippen LogP contribution in [-0.4, -0.2) is 13.1 Å². The van der Waals surface area contributed by atoms with Gasteiger partial charge in [-0.1, -0.05) is 43.5 Å². The Morgan fingerprint density at radius 1 is 1.05 bits per heavy atom. The Morgan fingerprint density at radius 3 is 2.55 bits per heavy atom. The molecule has 0 bridgehead atoms. The number of fused-ring (bicyclic) bond motifs is 3. The summed E-state index contributed by atoms with van der Waals surface area (Å²) in [6, 6.07) is 10.5. The van der Waals surface area contributed by atoms with Crippen molar-refractivity contribution in [1.82, 2.24) is 0 Å². The zero-order chi connectivity index (χ0) is 15.1. The van der Waals surface area contributed by atoms with Gasteiger partial charge in [0, 0.05) is 35.6 Å². The van der Waals surface area contributed by atoms with Crippen LogP contribution in [0.4, 0.5) is 5.69 Å². The van der Waals surface area contributed by atoms with Gasteiger partial charge in [0.2, 0.25) is 0 Å². The van der Waals surface area contributed by atoms with Gasteiger partial charge >= 0.3 is 5.82 Å². The molecule has 0 aliphatic heterocycles. The molecule has 0 N–H and O–H groups in total. The maximum Gasteiger partial charge on any atom is 0.519 e. The Labute approximate surface area is 128 Å². The van der Waals surface area contributed by atoms with Gasteiger partial charge in [0.05, 0.1) is 0 Å². The van der Waals surface area contributed by atoms with Crippen LogP contribution in [0, 0.1) is 0 Å². The molecule has 1 heterocycles. The predicted molar refractivity (Wildman–Crippen MR) is 87.5 cm³/mol. The van der Waals surface area contributed by atoms with Gasteiger partial charge in [-0.2, -0.15) is 0 Å². The number of benzene rings is 2. The fourth-order valence-electron chi connectivity index (χ4n) is 3.64. The first-order valence-corrected chi connectivity index (χ1v) is 7.92.